The van der Waals surface area contributed by atoms with Crippen LogP contribution in [0.4, 0.5) is 13.2 Å². The molecule has 0 fully saturated rings. The third kappa shape index (κ3) is 4.85. The van der Waals surface area contributed by atoms with E-state index >= 15 is 0 Å². The second kappa shape index (κ2) is 8.22. The van der Waals surface area contributed by atoms with E-state index in [2.05, 4.69) is 4.74 Å². The standard InChI is InChI=1S/C17H10Cl3F3O3S/c1-7-3-13(27-15(7)16(25)26-2)12(24)6-9(17(21,22)23)8-4-10(18)14(20)11(19)5-8/h3-6H,1-2H3/b9-6+. The molecule has 2 rings (SSSR count). The van der Waals surface area contributed by atoms with Crippen molar-refractivity contribution < 1.29 is 27.5 Å². The van der Waals surface area contributed by atoms with Gasteiger partial charge in [0.05, 0.1) is 32.6 Å². The Morgan fingerprint density at radius 2 is 1.67 bits per heavy atom. The molecule has 1 heterocycles. The van der Waals surface area contributed by atoms with Crippen LogP contribution in [-0.4, -0.2) is 25.0 Å². The predicted octanol–water partition coefficient (Wildman–Crippen LogP) is 6.63. The number of benzene rings is 1. The minimum atomic E-state index is -4.85. The van der Waals surface area contributed by atoms with Gasteiger partial charge >= 0.3 is 12.1 Å². The number of ether oxygens (including phenoxy) is 1. The summed E-state index contributed by atoms with van der Waals surface area (Å²) in [5.74, 6) is -1.60. The second-order valence-electron chi connectivity index (χ2n) is 5.29. The van der Waals surface area contributed by atoms with E-state index in [0.717, 1.165) is 23.5 Å². The van der Waals surface area contributed by atoms with Crippen molar-refractivity contribution in [2.24, 2.45) is 0 Å². The number of methoxy groups -OCH3 is 1. The lowest BCUT2D eigenvalue weighted by Crippen LogP contribution is -2.12. The summed E-state index contributed by atoms with van der Waals surface area (Å²) < 4.78 is 45.1. The molecule has 1 aromatic carbocycles. The van der Waals surface area contributed by atoms with Gasteiger partial charge in [0.2, 0.25) is 0 Å². The topological polar surface area (TPSA) is 43.4 Å². The molecule has 0 bridgehead atoms. The number of alkyl halides is 3. The van der Waals surface area contributed by atoms with Crippen molar-refractivity contribution in [2.45, 2.75) is 13.1 Å². The Balaban J connectivity index is 2.54. The molecule has 0 saturated heterocycles. The van der Waals surface area contributed by atoms with Crippen molar-refractivity contribution >= 4 is 63.5 Å². The fourth-order valence-corrected chi connectivity index (χ4v) is 3.74. The van der Waals surface area contributed by atoms with E-state index in [1.54, 1.807) is 6.92 Å². The van der Waals surface area contributed by atoms with Crippen LogP contribution in [0.15, 0.2) is 24.3 Å². The summed E-state index contributed by atoms with van der Waals surface area (Å²) in [6, 6.07) is 3.27. The lowest BCUT2D eigenvalue weighted by atomic mass is 10.0. The highest BCUT2D eigenvalue weighted by molar-refractivity contribution is 7.16. The molecular formula is C17H10Cl3F3O3S. The summed E-state index contributed by atoms with van der Waals surface area (Å²) in [6.45, 7) is 1.55. The lowest BCUT2D eigenvalue weighted by Gasteiger charge is -2.13. The first kappa shape index (κ1) is 21.8. The summed E-state index contributed by atoms with van der Waals surface area (Å²) in [5.41, 5.74) is -1.22. The monoisotopic (exact) mass is 456 g/mol. The van der Waals surface area contributed by atoms with Gasteiger partial charge in [0.25, 0.3) is 0 Å². The van der Waals surface area contributed by atoms with Crippen LogP contribution in [0.5, 0.6) is 0 Å². The molecule has 2 aromatic rings. The number of allylic oxidation sites excluding steroid dienone is 2. The van der Waals surface area contributed by atoms with E-state index in [4.69, 9.17) is 34.8 Å². The Kier molecular flexibility index (Phi) is 6.63. The van der Waals surface area contributed by atoms with Gasteiger partial charge in [-0.1, -0.05) is 34.8 Å². The number of hydrogen-bond donors (Lipinski definition) is 0. The van der Waals surface area contributed by atoms with Crippen LogP contribution in [0.2, 0.25) is 15.1 Å². The Labute approximate surface area is 171 Å². The number of aryl methyl sites for hydroxylation is 1. The van der Waals surface area contributed by atoms with Crippen molar-refractivity contribution in [3.63, 3.8) is 0 Å². The van der Waals surface area contributed by atoms with Crippen LogP contribution < -0.4 is 0 Å². The van der Waals surface area contributed by atoms with Gasteiger partial charge in [0, 0.05) is 0 Å². The SMILES string of the molecule is COC(=O)c1sc(C(=O)/C=C(\c2cc(Cl)c(Cl)c(Cl)c2)C(F)(F)F)cc1C. The van der Waals surface area contributed by atoms with Crippen molar-refractivity contribution in [2.75, 3.05) is 7.11 Å². The van der Waals surface area contributed by atoms with Crippen LogP contribution in [-0.2, 0) is 4.74 Å². The van der Waals surface area contributed by atoms with Gasteiger partial charge in [-0.05, 0) is 42.3 Å². The van der Waals surface area contributed by atoms with Gasteiger partial charge in [-0.2, -0.15) is 13.2 Å². The largest absolute Gasteiger partial charge is 0.465 e. The average Bonchev–Trinajstić information content (AvgIpc) is 2.97. The summed E-state index contributed by atoms with van der Waals surface area (Å²) in [5, 5.41) is -0.449. The fraction of sp³-hybridized carbons (Fsp3) is 0.176. The molecule has 1 aromatic heterocycles. The molecule has 0 spiro atoms. The maximum Gasteiger partial charge on any atom is 0.417 e. The van der Waals surface area contributed by atoms with Crippen molar-refractivity contribution in [3.05, 3.63) is 60.2 Å². The molecule has 0 aliphatic rings. The predicted molar refractivity (Wildman–Crippen MR) is 100 cm³/mol. The molecule has 0 amide bonds. The molecule has 3 nitrogen and oxygen atoms in total. The van der Waals surface area contributed by atoms with Crippen molar-refractivity contribution in [3.8, 4) is 0 Å². The average molecular weight is 458 g/mol. The Morgan fingerprint density at radius 3 is 2.15 bits per heavy atom. The molecule has 0 N–H and O–H groups in total. The first-order chi connectivity index (χ1) is 12.5. The molecule has 144 valence electrons. The van der Waals surface area contributed by atoms with E-state index in [0.29, 0.717) is 11.6 Å². The van der Waals surface area contributed by atoms with E-state index in [1.165, 1.54) is 13.2 Å². The molecule has 10 heteroatoms. The molecule has 0 saturated carbocycles. The summed E-state index contributed by atoms with van der Waals surface area (Å²) >= 11 is 18.1. The molecule has 0 aliphatic carbocycles. The maximum atomic E-state index is 13.5. The van der Waals surface area contributed by atoms with Crippen molar-refractivity contribution in [1.82, 2.24) is 0 Å². The number of ketones is 1. The normalized spacial score (nSPS) is 12.2. The summed E-state index contributed by atoms with van der Waals surface area (Å²) in [4.78, 5) is 24.1. The highest BCUT2D eigenvalue weighted by atomic mass is 35.5. The number of hydrogen-bond acceptors (Lipinski definition) is 4. The van der Waals surface area contributed by atoms with Crippen LogP contribution in [0.25, 0.3) is 5.57 Å². The maximum absolute atomic E-state index is 13.5. The molecule has 0 atom stereocenters. The van der Waals surface area contributed by atoms with E-state index < -0.39 is 29.1 Å². The van der Waals surface area contributed by atoms with Gasteiger partial charge in [-0.25, -0.2) is 4.79 Å². The minimum Gasteiger partial charge on any atom is -0.465 e. The van der Waals surface area contributed by atoms with Crippen LogP contribution in [0.3, 0.4) is 0 Å². The van der Waals surface area contributed by atoms with Gasteiger partial charge in [0.1, 0.15) is 4.88 Å². The van der Waals surface area contributed by atoms with Crippen LogP contribution >= 0.6 is 46.1 Å². The Hall–Kier alpha value is -1.54. The Morgan fingerprint density at radius 1 is 1.11 bits per heavy atom. The van der Waals surface area contributed by atoms with E-state index in [9.17, 15) is 22.8 Å². The molecule has 0 radical (unpaired) electrons. The van der Waals surface area contributed by atoms with Crippen LogP contribution in [0.1, 0.15) is 30.5 Å². The lowest BCUT2D eigenvalue weighted by molar-refractivity contribution is -0.0689. The summed E-state index contributed by atoms with van der Waals surface area (Å²) in [7, 11) is 1.17. The fourth-order valence-electron chi connectivity index (χ4n) is 2.14. The van der Waals surface area contributed by atoms with E-state index in [1.807, 2.05) is 0 Å². The minimum absolute atomic E-state index is 0.0409. The second-order valence-corrected chi connectivity index (χ2v) is 7.53. The molecule has 27 heavy (non-hydrogen) atoms. The van der Waals surface area contributed by atoms with Crippen LogP contribution in [0, 0.1) is 6.92 Å². The number of carbonyl (C=O) groups excluding carboxylic acids is 2. The number of carbonyl (C=O) groups is 2. The number of esters is 1. The Bertz CT molecular complexity index is 926. The van der Waals surface area contributed by atoms with Crippen molar-refractivity contribution in [1.29, 1.82) is 0 Å². The highest BCUT2D eigenvalue weighted by Gasteiger charge is 2.36. The highest BCUT2D eigenvalue weighted by Crippen LogP contribution is 2.39. The van der Waals surface area contributed by atoms with Gasteiger partial charge in [0.15, 0.2) is 5.78 Å². The quantitative estimate of drug-likeness (QED) is 0.224. The number of rotatable bonds is 4. The van der Waals surface area contributed by atoms with Gasteiger partial charge in [-0.15, -0.1) is 11.3 Å². The zero-order chi connectivity index (χ0) is 20.5. The zero-order valence-corrected chi connectivity index (χ0v) is 16.8. The third-order valence-electron chi connectivity index (χ3n) is 3.41. The summed E-state index contributed by atoms with van der Waals surface area (Å²) in [6.07, 6.45) is -4.42. The third-order valence-corrected chi connectivity index (χ3v) is 5.84. The van der Waals surface area contributed by atoms with Gasteiger partial charge < -0.3 is 4.74 Å². The first-order valence-electron chi connectivity index (χ1n) is 7.12. The van der Waals surface area contributed by atoms with Gasteiger partial charge in [-0.3, -0.25) is 4.79 Å². The number of halogens is 6. The smallest absolute Gasteiger partial charge is 0.417 e. The molecule has 0 aliphatic heterocycles. The zero-order valence-electron chi connectivity index (χ0n) is 13.7. The molecular weight excluding hydrogens is 448 g/mol. The van der Waals surface area contributed by atoms with E-state index in [-0.39, 0.29) is 24.8 Å². The number of thiophene rings is 1. The first-order valence-corrected chi connectivity index (χ1v) is 9.07. The molecule has 0 unspecified atom stereocenters.